The largest absolute Gasteiger partial charge is 0.217 e. The highest BCUT2D eigenvalue weighted by molar-refractivity contribution is 7.90. The van der Waals surface area contributed by atoms with Crippen molar-refractivity contribution in [2.24, 2.45) is 5.41 Å². The zero-order valence-corrected chi connectivity index (χ0v) is 15.3. The minimum atomic E-state index is -3.32. The number of rotatable bonds is 6. The summed E-state index contributed by atoms with van der Waals surface area (Å²) in [5.41, 5.74) is -0.189. The Morgan fingerprint density at radius 2 is 1.45 bits per heavy atom. The van der Waals surface area contributed by atoms with Gasteiger partial charge in [-0.1, -0.05) is 32.9 Å². The van der Waals surface area contributed by atoms with Crippen molar-refractivity contribution in [3.8, 4) is 0 Å². The summed E-state index contributed by atoms with van der Waals surface area (Å²) < 4.78 is 26.3. The van der Waals surface area contributed by atoms with Gasteiger partial charge in [0.05, 0.1) is 4.75 Å². The highest BCUT2D eigenvalue weighted by atomic mass is 32.2. The molecule has 0 fully saturated rings. The average molecular weight is 304 g/mol. The molecule has 0 saturated heterocycles. The molecule has 3 nitrogen and oxygen atoms in total. The van der Waals surface area contributed by atoms with Gasteiger partial charge in [-0.05, 0) is 59.3 Å². The summed E-state index contributed by atoms with van der Waals surface area (Å²) >= 11 is 0. The number of unbranched alkanes of at least 4 members (excludes halogenated alkanes) is 1. The Morgan fingerprint density at radius 3 is 1.85 bits per heavy atom. The molecule has 0 radical (unpaired) electrons. The van der Waals surface area contributed by atoms with Gasteiger partial charge in [-0.3, -0.25) is 0 Å². The van der Waals surface area contributed by atoms with Crippen molar-refractivity contribution < 1.29 is 8.42 Å². The molecule has 4 heteroatoms. The maximum absolute atomic E-state index is 12.1. The van der Waals surface area contributed by atoms with Crippen LogP contribution in [0.2, 0.25) is 0 Å². The summed E-state index contributed by atoms with van der Waals surface area (Å²) in [6, 6.07) is 0. The van der Waals surface area contributed by atoms with Gasteiger partial charge in [0, 0.05) is 5.54 Å². The van der Waals surface area contributed by atoms with Crippen molar-refractivity contribution in [2.45, 2.75) is 84.9 Å². The summed E-state index contributed by atoms with van der Waals surface area (Å²) in [5, 5.41) is 0. The van der Waals surface area contributed by atoms with Gasteiger partial charge in [0.1, 0.15) is 0 Å². The first-order chi connectivity index (χ1) is 8.66. The summed E-state index contributed by atoms with van der Waals surface area (Å²) in [7, 11) is -3.32. The van der Waals surface area contributed by atoms with E-state index in [2.05, 4.69) is 31.6 Å². The second-order valence-electron chi connectivity index (χ2n) is 8.29. The third-order valence-electron chi connectivity index (χ3n) is 3.04. The summed E-state index contributed by atoms with van der Waals surface area (Å²) in [5.74, 6) is 0. The van der Waals surface area contributed by atoms with Crippen LogP contribution in [0.4, 0.5) is 0 Å². The fraction of sp³-hybridized carbons (Fsp3) is 0.875. The first kappa shape index (κ1) is 19.7. The summed E-state index contributed by atoms with van der Waals surface area (Å²) in [4.78, 5) is 0. The molecule has 0 aromatic rings. The maximum Gasteiger partial charge on any atom is 0.217 e. The van der Waals surface area contributed by atoms with Crippen LogP contribution in [0.25, 0.3) is 0 Å². The SMILES string of the molecule is CC(C)(C)CCC/C=C/C(C)(C)NS(=O)(=O)C(C)(C)C. The topological polar surface area (TPSA) is 46.2 Å². The summed E-state index contributed by atoms with van der Waals surface area (Å²) in [6.45, 7) is 15.6. The Bertz CT molecular complexity index is 420. The van der Waals surface area contributed by atoms with Gasteiger partial charge in [-0.25, -0.2) is 13.1 Å². The zero-order valence-electron chi connectivity index (χ0n) is 14.5. The molecule has 0 aliphatic rings. The molecule has 20 heavy (non-hydrogen) atoms. The van der Waals surface area contributed by atoms with Crippen LogP contribution in [0, 0.1) is 5.41 Å². The summed E-state index contributed by atoms with van der Waals surface area (Å²) in [6.07, 6.45) is 7.32. The van der Waals surface area contributed by atoms with E-state index in [1.54, 1.807) is 20.8 Å². The van der Waals surface area contributed by atoms with Crippen molar-refractivity contribution in [3.63, 3.8) is 0 Å². The molecule has 0 aromatic heterocycles. The van der Waals surface area contributed by atoms with Crippen LogP contribution in [-0.2, 0) is 10.0 Å². The Kier molecular flexibility index (Phi) is 6.49. The first-order valence-corrected chi connectivity index (χ1v) is 8.86. The molecule has 0 aliphatic heterocycles. The fourth-order valence-corrected chi connectivity index (χ4v) is 2.73. The van der Waals surface area contributed by atoms with Crippen molar-refractivity contribution in [2.75, 3.05) is 0 Å². The number of hydrogen-bond donors (Lipinski definition) is 1. The standard InChI is InChI=1S/C16H33NO2S/c1-14(2,3)12-10-9-11-13-16(7,8)17-20(18,19)15(4,5)6/h11,13,17H,9-10,12H2,1-8H3/b13-11+. The van der Waals surface area contributed by atoms with Gasteiger partial charge >= 0.3 is 0 Å². The van der Waals surface area contributed by atoms with Gasteiger partial charge in [0.2, 0.25) is 10.0 Å². The highest BCUT2D eigenvalue weighted by Gasteiger charge is 2.33. The monoisotopic (exact) mass is 303 g/mol. The molecule has 1 N–H and O–H groups in total. The van der Waals surface area contributed by atoms with Crippen LogP contribution in [-0.4, -0.2) is 18.7 Å². The zero-order chi connectivity index (χ0) is 16.2. The van der Waals surface area contributed by atoms with Crippen LogP contribution < -0.4 is 4.72 Å². The van der Waals surface area contributed by atoms with Gasteiger partial charge in [-0.2, -0.15) is 0 Å². The van der Waals surface area contributed by atoms with E-state index in [-0.39, 0.29) is 0 Å². The maximum atomic E-state index is 12.1. The highest BCUT2D eigenvalue weighted by Crippen LogP contribution is 2.22. The van der Waals surface area contributed by atoms with Crippen LogP contribution in [0.3, 0.4) is 0 Å². The third-order valence-corrected chi connectivity index (χ3v) is 5.44. The molecule has 120 valence electrons. The molecule has 0 rings (SSSR count). The lowest BCUT2D eigenvalue weighted by Crippen LogP contribution is -2.49. The first-order valence-electron chi connectivity index (χ1n) is 7.38. The molecule has 0 bridgehead atoms. The third kappa shape index (κ3) is 8.05. The van der Waals surface area contributed by atoms with E-state index in [4.69, 9.17) is 0 Å². The Balaban J connectivity index is 4.47. The van der Waals surface area contributed by atoms with E-state index in [1.807, 2.05) is 19.9 Å². The minimum Gasteiger partial charge on any atom is -0.212 e. The van der Waals surface area contributed by atoms with Crippen LogP contribution in [0.5, 0.6) is 0 Å². The van der Waals surface area contributed by atoms with E-state index in [9.17, 15) is 8.42 Å². The molecule has 0 amide bonds. The molecule has 0 atom stereocenters. The van der Waals surface area contributed by atoms with E-state index in [1.165, 1.54) is 6.42 Å². The molecule has 0 spiro atoms. The van der Waals surface area contributed by atoms with Gasteiger partial charge in [0.25, 0.3) is 0 Å². The number of allylic oxidation sites excluding steroid dienone is 1. The quantitative estimate of drug-likeness (QED) is 0.589. The van der Waals surface area contributed by atoms with Gasteiger partial charge < -0.3 is 0 Å². The second kappa shape index (κ2) is 6.61. The van der Waals surface area contributed by atoms with Crippen molar-refractivity contribution >= 4 is 10.0 Å². The Labute approximate surface area is 126 Å². The van der Waals surface area contributed by atoms with Crippen LogP contribution in [0.1, 0.15) is 74.7 Å². The molecule has 0 saturated carbocycles. The van der Waals surface area contributed by atoms with Gasteiger partial charge in [-0.15, -0.1) is 0 Å². The minimum absolute atomic E-state index is 0.358. The molecular weight excluding hydrogens is 270 g/mol. The van der Waals surface area contributed by atoms with Gasteiger partial charge in [0.15, 0.2) is 0 Å². The lowest BCUT2D eigenvalue weighted by molar-refractivity contribution is 0.367. The van der Waals surface area contributed by atoms with Crippen molar-refractivity contribution in [1.29, 1.82) is 0 Å². The number of nitrogens with one attached hydrogen (secondary N) is 1. The molecule has 0 aliphatic carbocycles. The second-order valence-corrected chi connectivity index (χ2v) is 10.7. The molecule has 0 unspecified atom stereocenters. The van der Waals surface area contributed by atoms with Crippen LogP contribution >= 0.6 is 0 Å². The normalized spacial score (nSPS) is 15.0. The van der Waals surface area contributed by atoms with Crippen molar-refractivity contribution in [1.82, 2.24) is 4.72 Å². The Morgan fingerprint density at radius 1 is 0.950 bits per heavy atom. The lowest BCUT2D eigenvalue weighted by Gasteiger charge is -2.28. The molecule has 0 heterocycles. The fourth-order valence-electron chi connectivity index (χ4n) is 1.66. The van der Waals surface area contributed by atoms with E-state index < -0.39 is 20.3 Å². The average Bonchev–Trinajstić information content (AvgIpc) is 2.10. The van der Waals surface area contributed by atoms with E-state index in [0.29, 0.717) is 5.41 Å². The predicted octanol–water partition coefficient (Wildman–Crippen LogP) is 4.26. The van der Waals surface area contributed by atoms with E-state index in [0.717, 1.165) is 12.8 Å². The Hall–Kier alpha value is -0.350. The molecule has 0 aromatic carbocycles. The van der Waals surface area contributed by atoms with Crippen molar-refractivity contribution in [3.05, 3.63) is 12.2 Å². The number of hydrogen-bond acceptors (Lipinski definition) is 2. The predicted molar refractivity (Wildman–Crippen MR) is 88.3 cm³/mol. The number of sulfonamides is 1. The molecular formula is C16H33NO2S. The van der Waals surface area contributed by atoms with E-state index >= 15 is 0 Å². The lowest BCUT2D eigenvalue weighted by atomic mass is 9.90. The smallest absolute Gasteiger partial charge is 0.212 e. The van der Waals surface area contributed by atoms with Crippen LogP contribution in [0.15, 0.2) is 12.2 Å².